The lowest BCUT2D eigenvalue weighted by molar-refractivity contribution is 1.02. The minimum absolute atomic E-state index is 0.945. The molecule has 3 nitrogen and oxygen atoms in total. The third-order valence-electron chi connectivity index (χ3n) is 1.34. The Morgan fingerprint density at radius 1 is 1.44 bits per heavy atom. The van der Waals surface area contributed by atoms with E-state index in [1.54, 1.807) is 0 Å². The first-order valence-corrected chi connectivity index (χ1v) is 2.85. The van der Waals surface area contributed by atoms with Gasteiger partial charge in [0.1, 0.15) is 0 Å². The first-order chi connectivity index (χ1) is 4.36. The van der Waals surface area contributed by atoms with Gasteiger partial charge in [-0.1, -0.05) is 0 Å². The van der Waals surface area contributed by atoms with Crippen molar-refractivity contribution in [2.75, 3.05) is 0 Å². The summed E-state index contributed by atoms with van der Waals surface area (Å²) in [5, 5.41) is 5.77. The summed E-state index contributed by atoms with van der Waals surface area (Å²) in [7, 11) is 0. The largest absolute Gasteiger partial charge is 0.296 e. The smallest absolute Gasteiger partial charge is 0.169 e. The van der Waals surface area contributed by atoms with Gasteiger partial charge in [-0.25, -0.2) is 4.98 Å². The molecule has 0 atom stereocenters. The van der Waals surface area contributed by atoms with Crippen molar-refractivity contribution in [1.29, 1.82) is 0 Å². The van der Waals surface area contributed by atoms with Gasteiger partial charge >= 0.3 is 0 Å². The van der Waals surface area contributed by atoms with Gasteiger partial charge in [0, 0.05) is 6.20 Å². The van der Waals surface area contributed by atoms with Crippen LogP contribution < -0.4 is 0 Å². The number of rotatable bonds is 0. The lowest BCUT2D eigenvalue weighted by Crippen LogP contribution is -1.93. The van der Waals surface area contributed by atoms with Crippen LogP contribution in [0.25, 0.3) is 11.2 Å². The highest BCUT2D eigenvalue weighted by atomic mass is 15.2. The maximum absolute atomic E-state index is 4.09. The van der Waals surface area contributed by atoms with Gasteiger partial charge in [-0.15, -0.1) is 0 Å². The summed E-state index contributed by atoms with van der Waals surface area (Å²) in [5.74, 6) is 0. The summed E-state index contributed by atoms with van der Waals surface area (Å²) in [6.45, 7) is 2.02. The summed E-state index contributed by atoms with van der Waals surface area (Å²) in [4.78, 5) is 4.09. The summed E-state index contributed by atoms with van der Waals surface area (Å²) in [6.07, 6.45) is 1.84. The Morgan fingerprint density at radius 2 is 2.33 bits per heavy atom. The monoisotopic (exact) mass is 121 g/mol. The minimum atomic E-state index is 0.945. The summed E-state index contributed by atoms with van der Waals surface area (Å²) in [5.41, 5.74) is 3.22. The predicted octanol–water partition coefficient (Wildman–Crippen LogP) is 1.20. The molecule has 0 spiro atoms. The van der Waals surface area contributed by atoms with E-state index < -0.39 is 0 Å². The van der Waals surface area contributed by atoms with Crippen LogP contribution in [0.3, 0.4) is 0 Å². The Labute approximate surface area is 52.1 Å². The summed E-state index contributed by atoms with van der Waals surface area (Å²) < 4.78 is 0. The van der Waals surface area contributed by atoms with Gasteiger partial charge in [-0.05, 0) is 18.6 Å². The standard InChI is InChI=1S/C6H7N3/c1-4-2-5-6(7-3-4)9-8-5/h2-3,8H,1H3,(H,7,9). The number of nitrogens with one attached hydrogen (secondary N) is 2. The van der Waals surface area contributed by atoms with Crippen LogP contribution in [0.4, 0.5) is 0 Å². The zero-order valence-corrected chi connectivity index (χ0v) is 5.10. The number of hydrogen-bond acceptors (Lipinski definition) is 1. The predicted molar refractivity (Wildman–Crippen MR) is 35.2 cm³/mol. The third kappa shape index (κ3) is 0.543. The van der Waals surface area contributed by atoms with Crippen molar-refractivity contribution in [2.24, 2.45) is 0 Å². The first kappa shape index (κ1) is 4.61. The number of nitrogens with zero attached hydrogens (tertiary/aromatic N) is 1. The van der Waals surface area contributed by atoms with Crippen molar-refractivity contribution >= 4 is 11.2 Å². The van der Waals surface area contributed by atoms with Crippen LogP contribution in [-0.4, -0.2) is 15.2 Å². The number of aromatic amines is 2. The molecule has 0 radical (unpaired) electrons. The molecule has 0 fully saturated rings. The Morgan fingerprint density at radius 3 is 2.78 bits per heavy atom. The molecule has 0 aliphatic heterocycles. The highest BCUT2D eigenvalue weighted by Crippen LogP contribution is 2.07. The first-order valence-electron chi connectivity index (χ1n) is 2.85. The van der Waals surface area contributed by atoms with Crippen LogP contribution >= 0.6 is 0 Å². The van der Waals surface area contributed by atoms with Crippen LogP contribution in [0.15, 0.2) is 12.3 Å². The second-order valence-corrected chi connectivity index (χ2v) is 2.16. The van der Waals surface area contributed by atoms with E-state index in [2.05, 4.69) is 21.2 Å². The summed E-state index contributed by atoms with van der Waals surface area (Å²) >= 11 is 0. The van der Waals surface area contributed by atoms with Gasteiger partial charge in [-0.3, -0.25) is 10.2 Å². The van der Waals surface area contributed by atoms with Crippen LogP contribution in [0, 0.1) is 6.92 Å². The zero-order chi connectivity index (χ0) is 6.27. The number of H-pyrrole nitrogens is 2. The Hall–Kier alpha value is -1.25. The topological polar surface area (TPSA) is 44.5 Å². The molecular weight excluding hydrogens is 114 g/mol. The van der Waals surface area contributed by atoms with Gasteiger partial charge in [0.2, 0.25) is 0 Å². The van der Waals surface area contributed by atoms with Crippen LogP contribution in [-0.2, 0) is 0 Å². The van der Waals surface area contributed by atoms with Gasteiger partial charge < -0.3 is 0 Å². The van der Waals surface area contributed by atoms with Crippen molar-refractivity contribution in [3.05, 3.63) is 17.8 Å². The van der Waals surface area contributed by atoms with Crippen molar-refractivity contribution in [1.82, 2.24) is 15.2 Å². The highest BCUT2D eigenvalue weighted by Gasteiger charge is 1.95. The fraction of sp³-hybridized carbons (Fsp3) is 0.167. The molecule has 2 rings (SSSR count). The second-order valence-electron chi connectivity index (χ2n) is 2.16. The molecule has 9 heavy (non-hydrogen) atoms. The van der Waals surface area contributed by atoms with Gasteiger partial charge in [-0.2, -0.15) is 0 Å². The maximum atomic E-state index is 4.09. The molecule has 46 valence electrons. The fourth-order valence-electron chi connectivity index (χ4n) is 0.828. The average Bonchev–Trinajstić information content (AvgIpc) is 1.78. The van der Waals surface area contributed by atoms with E-state index in [0.717, 1.165) is 11.2 Å². The molecule has 0 bridgehead atoms. The average molecular weight is 121 g/mol. The van der Waals surface area contributed by atoms with E-state index in [-0.39, 0.29) is 0 Å². The third-order valence-corrected chi connectivity index (χ3v) is 1.34. The number of aromatic nitrogens is 3. The van der Waals surface area contributed by atoms with Crippen LogP contribution in [0.1, 0.15) is 5.56 Å². The maximum Gasteiger partial charge on any atom is 0.169 e. The molecule has 0 unspecified atom stereocenters. The molecule has 0 aliphatic carbocycles. The van der Waals surface area contributed by atoms with Crippen molar-refractivity contribution in [3.63, 3.8) is 0 Å². The normalized spacial score (nSPS) is 10.8. The van der Waals surface area contributed by atoms with Gasteiger partial charge in [0.15, 0.2) is 5.65 Å². The minimum Gasteiger partial charge on any atom is -0.296 e. The van der Waals surface area contributed by atoms with E-state index in [1.807, 2.05) is 13.1 Å². The molecular formula is C6H7N3. The molecule has 2 N–H and O–H groups in total. The van der Waals surface area contributed by atoms with E-state index >= 15 is 0 Å². The van der Waals surface area contributed by atoms with E-state index in [9.17, 15) is 0 Å². The van der Waals surface area contributed by atoms with Crippen LogP contribution in [0.2, 0.25) is 0 Å². The van der Waals surface area contributed by atoms with Crippen molar-refractivity contribution in [3.8, 4) is 0 Å². The summed E-state index contributed by atoms with van der Waals surface area (Å²) in [6, 6.07) is 2.05. The molecule has 0 aliphatic rings. The number of fused-ring (bicyclic) bond motifs is 1. The second kappa shape index (κ2) is 1.37. The molecule has 3 heteroatoms. The van der Waals surface area contributed by atoms with Crippen LogP contribution in [0.5, 0.6) is 0 Å². The molecule has 0 aromatic carbocycles. The van der Waals surface area contributed by atoms with Crippen molar-refractivity contribution in [2.45, 2.75) is 6.92 Å². The number of aryl methyl sites for hydroxylation is 1. The molecule has 0 saturated heterocycles. The number of hydrogen-bond donors (Lipinski definition) is 2. The number of pyridine rings is 1. The Kier molecular flexibility index (Phi) is 0.704. The van der Waals surface area contributed by atoms with E-state index in [1.165, 1.54) is 5.56 Å². The lowest BCUT2D eigenvalue weighted by Gasteiger charge is -2.01. The fourth-order valence-corrected chi connectivity index (χ4v) is 0.828. The Bertz CT molecular complexity index is 317. The van der Waals surface area contributed by atoms with Gasteiger partial charge in [0.05, 0.1) is 5.52 Å². The zero-order valence-electron chi connectivity index (χ0n) is 5.10. The highest BCUT2D eigenvalue weighted by molar-refractivity contribution is 5.71. The molecule has 2 aromatic rings. The SMILES string of the molecule is Cc1cnc2[nH][nH]c2c1. The molecule has 2 heterocycles. The quantitative estimate of drug-likeness (QED) is 0.540. The molecule has 0 amide bonds. The lowest BCUT2D eigenvalue weighted by atomic mass is 10.3. The van der Waals surface area contributed by atoms with E-state index in [4.69, 9.17) is 0 Å². The Balaban J connectivity index is 2.78. The van der Waals surface area contributed by atoms with E-state index in [0.29, 0.717) is 0 Å². The van der Waals surface area contributed by atoms with Crippen molar-refractivity contribution < 1.29 is 0 Å². The van der Waals surface area contributed by atoms with Gasteiger partial charge in [0.25, 0.3) is 0 Å². The molecule has 2 aromatic heterocycles. The molecule has 0 saturated carbocycles.